The van der Waals surface area contributed by atoms with Crippen molar-refractivity contribution in [2.75, 3.05) is 13.7 Å². The predicted molar refractivity (Wildman–Crippen MR) is 138 cm³/mol. The Hall–Kier alpha value is -3.40. The molecule has 0 radical (unpaired) electrons. The largest absolute Gasteiger partial charge is 0.416 e. The minimum Gasteiger partial charge on any atom is -0.274 e. The summed E-state index contributed by atoms with van der Waals surface area (Å²) >= 11 is 6.37. The zero-order valence-electron chi connectivity index (χ0n) is 20.2. The van der Waals surface area contributed by atoms with E-state index in [1.807, 2.05) is 0 Å². The Morgan fingerprint density at radius 2 is 1.92 bits per heavy atom. The van der Waals surface area contributed by atoms with Crippen molar-refractivity contribution in [1.29, 1.82) is 0 Å². The Morgan fingerprint density at radius 1 is 1.21 bits per heavy atom. The van der Waals surface area contributed by atoms with Crippen LogP contribution >= 0.6 is 23.4 Å². The number of nitrogens with zero attached hydrogens (tertiary/aromatic N) is 4. The summed E-state index contributed by atoms with van der Waals surface area (Å²) in [6.45, 7) is 0.232. The van der Waals surface area contributed by atoms with E-state index in [1.165, 1.54) is 29.1 Å². The SMILES string of the molecule is CC(=O)NS(=O)(=O)N(C)CN1C(=O)S/C(=C\c2ccc3c(cnn3Cc3ccc(Cl)cc3C(F)(F)F)c2)C1=O. The van der Waals surface area contributed by atoms with E-state index < -0.39 is 45.7 Å². The zero-order chi connectivity index (χ0) is 28.7. The molecule has 0 aliphatic carbocycles. The van der Waals surface area contributed by atoms with E-state index in [-0.39, 0.29) is 22.0 Å². The number of nitrogens with one attached hydrogen (secondary N) is 1. The molecule has 206 valence electrons. The van der Waals surface area contributed by atoms with Crippen molar-refractivity contribution < 1.29 is 36.0 Å². The molecule has 0 spiro atoms. The number of halogens is 4. The van der Waals surface area contributed by atoms with Gasteiger partial charge in [0.2, 0.25) is 5.91 Å². The first-order chi connectivity index (χ1) is 18.2. The van der Waals surface area contributed by atoms with Crippen LogP contribution in [0.4, 0.5) is 18.0 Å². The summed E-state index contributed by atoms with van der Waals surface area (Å²) < 4.78 is 68.4. The van der Waals surface area contributed by atoms with Gasteiger partial charge in [-0.3, -0.25) is 24.0 Å². The predicted octanol–water partition coefficient (Wildman–Crippen LogP) is 4.06. The van der Waals surface area contributed by atoms with Gasteiger partial charge in [-0.05, 0) is 53.2 Å². The van der Waals surface area contributed by atoms with Crippen LogP contribution in [0.15, 0.2) is 47.5 Å². The molecular formula is C23H19ClF3N5O5S2. The van der Waals surface area contributed by atoms with Crippen LogP contribution in [0.2, 0.25) is 5.02 Å². The van der Waals surface area contributed by atoms with E-state index in [1.54, 1.807) is 22.9 Å². The Balaban J connectivity index is 1.55. The molecule has 2 heterocycles. The number of rotatable bonds is 7. The second kappa shape index (κ2) is 10.6. The Bertz CT molecular complexity index is 1640. The summed E-state index contributed by atoms with van der Waals surface area (Å²) in [5.41, 5.74) is 0.170. The van der Waals surface area contributed by atoms with Crippen molar-refractivity contribution in [3.63, 3.8) is 0 Å². The topological polar surface area (TPSA) is 122 Å². The maximum Gasteiger partial charge on any atom is 0.416 e. The van der Waals surface area contributed by atoms with Gasteiger partial charge in [0.1, 0.15) is 0 Å². The lowest BCUT2D eigenvalue weighted by Gasteiger charge is -2.21. The Morgan fingerprint density at radius 3 is 2.59 bits per heavy atom. The van der Waals surface area contributed by atoms with Crippen molar-refractivity contribution in [1.82, 2.24) is 23.7 Å². The lowest BCUT2D eigenvalue weighted by Crippen LogP contribution is -2.46. The monoisotopic (exact) mass is 601 g/mol. The number of imide groups is 1. The van der Waals surface area contributed by atoms with Crippen LogP contribution in [0.3, 0.4) is 0 Å². The highest BCUT2D eigenvalue weighted by Crippen LogP contribution is 2.35. The number of hydrogen-bond acceptors (Lipinski definition) is 7. The van der Waals surface area contributed by atoms with Crippen molar-refractivity contribution in [2.24, 2.45) is 0 Å². The van der Waals surface area contributed by atoms with Crippen molar-refractivity contribution in [2.45, 2.75) is 19.6 Å². The van der Waals surface area contributed by atoms with Gasteiger partial charge in [0.05, 0.1) is 35.4 Å². The molecule has 1 fully saturated rings. The number of thioether (sulfide) groups is 1. The van der Waals surface area contributed by atoms with E-state index in [4.69, 9.17) is 11.6 Å². The van der Waals surface area contributed by atoms with Gasteiger partial charge < -0.3 is 0 Å². The first kappa shape index (κ1) is 28.6. The highest BCUT2D eigenvalue weighted by Gasteiger charge is 2.37. The lowest BCUT2D eigenvalue weighted by molar-refractivity contribution is -0.138. The average Bonchev–Trinajstić information content (AvgIpc) is 3.34. The van der Waals surface area contributed by atoms with Crippen LogP contribution in [0.5, 0.6) is 0 Å². The number of carbonyl (C=O) groups excluding carboxylic acids is 3. The minimum absolute atomic E-state index is 0.0138. The van der Waals surface area contributed by atoms with E-state index in [2.05, 4.69) is 5.10 Å². The number of carbonyl (C=O) groups is 3. The standard InChI is InChI=1S/C23H19ClF3N5O5S2/c1-13(33)29-39(36,37)30(2)12-31-21(34)20(38-22(31)35)8-14-3-6-19-16(7-14)10-28-32(19)11-15-4-5-17(24)9-18(15)23(25,26)27/h3-10H,11-12H2,1-2H3,(H,29,33)/b20-8-. The summed E-state index contributed by atoms with van der Waals surface area (Å²) in [5.74, 6) is -1.56. The number of fused-ring (bicyclic) bond motifs is 1. The third-order valence-corrected chi connectivity index (χ3v) is 8.18. The van der Waals surface area contributed by atoms with Gasteiger partial charge in [0.25, 0.3) is 11.1 Å². The molecule has 0 unspecified atom stereocenters. The van der Waals surface area contributed by atoms with Crippen LogP contribution < -0.4 is 4.72 Å². The molecule has 0 saturated carbocycles. The second-order valence-corrected chi connectivity index (χ2v) is 11.6. The van der Waals surface area contributed by atoms with Gasteiger partial charge in [-0.2, -0.15) is 31.0 Å². The smallest absolute Gasteiger partial charge is 0.274 e. The summed E-state index contributed by atoms with van der Waals surface area (Å²) in [6, 6.07) is 8.40. The molecule has 2 aromatic carbocycles. The lowest BCUT2D eigenvalue weighted by atomic mass is 10.1. The first-order valence-corrected chi connectivity index (χ1v) is 13.6. The average molecular weight is 602 g/mol. The molecule has 16 heteroatoms. The van der Waals surface area contributed by atoms with Crippen LogP contribution in [0.1, 0.15) is 23.6 Å². The molecule has 1 aromatic heterocycles. The molecule has 1 aliphatic heterocycles. The highest BCUT2D eigenvalue weighted by molar-refractivity contribution is 8.18. The summed E-state index contributed by atoms with van der Waals surface area (Å²) in [6.07, 6.45) is -1.70. The molecule has 3 aromatic rings. The molecule has 1 saturated heterocycles. The van der Waals surface area contributed by atoms with Crippen molar-refractivity contribution in [3.05, 3.63) is 69.2 Å². The van der Waals surface area contributed by atoms with Crippen LogP contribution in [0.25, 0.3) is 17.0 Å². The van der Waals surface area contributed by atoms with Gasteiger partial charge in [-0.25, -0.2) is 4.72 Å². The molecule has 10 nitrogen and oxygen atoms in total. The van der Waals surface area contributed by atoms with Crippen molar-refractivity contribution >= 4 is 67.6 Å². The number of amides is 3. The number of benzene rings is 2. The maximum atomic E-state index is 13.5. The third-order valence-electron chi connectivity index (χ3n) is 5.56. The number of alkyl halides is 3. The van der Waals surface area contributed by atoms with Crippen molar-refractivity contribution in [3.8, 4) is 0 Å². The van der Waals surface area contributed by atoms with Gasteiger partial charge in [0, 0.05) is 24.4 Å². The van der Waals surface area contributed by atoms with E-state index in [9.17, 15) is 36.0 Å². The molecular weight excluding hydrogens is 583 g/mol. The fourth-order valence-electron chi connectivity index (χ4n) is 3.74. The molecule has 39 heavy (non-hydrogen) atoms. The van der Waals surface area contributed by atoms with E-state index in [0.717, 1.165) is 24.9 Å². The molecule has 4 rings (SSSR count). The molecule has 1 N–H and O–H groups in total. The van der Waals surface area contributed by atoms with Crippen LogP contribution in [-0.2, 0) is 32.5 Å². The Kier molecular flexibility index (Phi) is 7.80. The number of aromatic nitrogens is 2. The summed E-state index contributed by atoms with van der Waals surface area (Å²) in [7, 11) is -3.14. The number of hydrogen-bond donors (Lipinski definition) is 1. The van der Waals surface area contributed by atoms with E-state index in [0.29, 0.717) is 32.5 Å². The van der Waals surface area contributed by atoms with E-state index >= 15 is 0 Å². The molecule has 1 aliphatic rings. The summed E-state index contributed by atoms with van der Waals surface area (Å²) in [4.78, 5) is 37.1. The molecule has 0 bridgehead atoms. The van der Waals surface area contributed by atoms with Gasteiger partial charge in [-0.15, -0.1) is 0 Å². The quantitative estimate of drug-likeness (QED) is 0.405. The second-order valence-electron chi connectivity index (χ2n) is 8.43. The van der Waals surface area contributed by atoms with Crippen LogP contribution in [-0.4, -0.2) is 58.2 Å². The third kappa shape index (κ3) is 6.27. The fourth-order valence-corrected chi connectivity index (χ4v) is 5.53. The van der Waals surface area contributed by atoms with Gasteiger partial charge in [0.15, 0.2) is 0 Å². The highest BCUT2D eigenvalue weighted by atomic mass is 35.5. The minimum atomic E-state index is -4.59. The first-order valence-electron chi connectivity index (χ1n) is 11.0. The zero-order valence-corrected chi connectivity index (χ0v) is 22.6. The molecule has 3 amide bonds. The molecule has 0 atom stereocenters. The fraction of sp³-hybridized carbons (Fsp3) is 0.217. The van der Waals surface area contributed by atoms with Crippen LogP contribution in [0, 0.1) is 0 Å². The maximum absolute atomic E-state index is 13.5. The Labute approximate surface area is 229 Å². The van der Waals surface area contributed by atoms with Gasteiger partial charge >= 0.3 is 16.4 Å². The van der Waals surface area contributed by atoms with Gasteiger partial charge in [-0.1, -0.05) is 23.7 Å². The summed E-state index contributed by atoms with van der Waals surface area (Å²) in [5, 5.41) is 4.03. The normalized spacial score (nSPS) is 15.7.